The number of hydrogen-bond acceptors (Lipinski definition) is 4. The smallest absolute Gasteiger partial charge is 0.311 e. The van der Waals surface area contributed by atoms with E-state index >= 15 is 0 Å². The molecule has 6 atom stereocenters. The molecule has 0 aromatic carbocycles. The van der Waals surface area contributed by atoms with E-state index < -0.39 is 5.41 Å². The molecular weight excluding hydrogens is 438 g/mol. The van der Waals surface area contributed by atoms with Gasteiger partial charge in [0.15, 0.2) is 0 Å². The molecule has 6 unspecified atom stereocenters. The van der Waals surface area contributed by atoms with Crippen LogP contribution in [0.25, 0.3) is 0 Å². The first-order valence-corrected chi connectivity index (χ1v) is 14.1. The lowest BCUT2D eigenvalue weighted by Crippen LogP contribution is -2.68. The zero-order valence-corrected chi connectivity index (χ0v) is 22.4. The topological polar surface area (TPSA) is 63.7 Å². The van der Waals surface area contributed by atoms with Crippen molar-refractivity contribution in [1.82, 2.24) is 4.90 Å². The molecule has 35 heavy (non-hydrogen) atoms. The van der Waals surface area contributed by atoms with E-state index in [4.69, 9.17) is 4.74 Å². The molecule has 200 valence electrons. The predicted octanol–water partition coefficient (Wildman–Crippen LogP) is 6.78. The molecule has 1 saturated heterocycles. The normalized spacial score (nSPS) is 33.7. The fourth-order valence-corrected chi connectivity index (χ4v) is 7.33. The summed E-state index contributed by atoms with van der Waals surface area (Å²) in [7, 11) is 0. The molecule has 0 aromatic heterocycles. The van der Waals surface area contributed by atoms with Crippen LogP contribution in [0.3, 0.4) is 0 Å². The van der Waals surface area contributed by atoms with E-state index in [9.17, 15) is 14.4 Å². The second-order valence-electron chi connectivity index (χ2n) is 13.0. The number of rotatable bonds is 5. The van der Waals surface area contributed by atoms with Crippen molar-refractivity contribution in [3.63, 3.8) is 0 Å². The minimum absolute atomic E-state index is 0. The maximum Gasteiger partial charge on any atom is 0.311 e. The largest absolute Gasteiger partial charge is 0.462 e. The average Bonchev–Trinajstić information content (AvgIpc) is 3.51. The van der Waals surface area contributed by atoms with Crippen LogP contribution in [0.5, 0.6) is 0 Å². The zero-order chi connectivity index (χ0) is 24.8. The molecule has 1 heterocycles. The summed E-state index contributed by atoms with van der Waals surface area (Å²) in [6, 6.07) is 0.269. The fraction of sp³-hybridized carbons (Fsp3) is 0.900. The first-order valence-electron chi connectivity index (χ1n) is 14.1. The second kappa shape index (κ2) is 10.5. The van der Waals surface area contributed by atoms with Gasteiger partial charge in [-0.25, -0.2) is 0 Å². The van der Waals surface area contributed by atoms with Gasteiger partial charge in [-0.3, -0.25) is 19.3 Å². The van der Waals surface area contributed by atoms with Crippen molar-refractivity contribution >= 4 is 17.8 Å². The minimum Gasteiger partial charge on any atom is -0.462 e. The van der Waals surface area contributed by atoms with Gasteiger partial charge in [-0.05, 0) is 95.3 Å². The Bertz CT molecular complexity index is 796. The van der Waals surface area contributed by atoms with Crippen molar-refractivity contribution in [2.75, 3.05) is 0 Å². The molecule has 5 nitrogen and oxygen atoms in total. The second-order valence-corrected chi connectivity index (χ2v) is 13.0. The molecule has 5 rings (SSSR count). The Labute approximate surface area is 214 Å². The SMILES string of the molecule is C.CCC(C)(C)C(=O)N1C(=O)C2C3CC(C4CCCC43)C21.CCC(C)(C)C(=O)OC1CCCCC1. The Morgan fingerprint density at radius 2 is 1.40 bits per heavy atom. The van der Waals surface area contributed by atoms with E-state index in [1.165, 1.54) is 44.9 Å². The van der Waals surface area contributed by atoms with Crippen LogP contribution in [-0.4, -0.2) is 34.8 Å². The summed E-state index contributed by atoms with van der Waals surface area (Å²) >= 11 is 0. The summed E-state index contributed by atoms with van der Waals surface area (Å²) in [4.78, 5) is 38.7. The number of esters is 1. The molecule has 5 fully saturated rings. The molecular formula is C30H51NO4. The minimum atomic E-state index is -0.391. The van der Waals surface area contributed by atoms with Gasteiger partial charge in [0.05, 0.1) is 17.4 Å². The standard InChI is InChI=1S/C17H25NO2.C12H22O2.CH4/c1-4-17(2,3)16(20)18-14-12-8-11(13(14)15(18)19)9-6-5-7-10(9)12;1-4-12(2,3)11(13)14-10-8-6-5-7-9-10;/h9-14H,4-8H2,1-3H3;10H,4-9H2,1-3H3;1H4. The van der Waals surface area contributed by atoms with Crippen LogP contribution in [0.2, 0.25) is 0 Å². The summed E-state index contributed by atoms with van der Waals surface area (Å²) in [5, 5.41) is 0. The molecule has 5 aliphatic rings. The van der Waals surface area contributed by atoms with Crippen molar-refractivity contribution in [2.45, 2.75) is 132 Å². The van der Waals surface area contributed by atoms with Gasteiger partial charge in [-0.1, -0.05) is 48.0 Å². The number of likely N-dealkylation sites (tertiary alicyclic amines) is 1. The predicted molar refractivity (Wildman–Crippen MR) is 139 cm³/mol. The first-order chi connectivity index (χ1) is 16.0. The lowest BCUT2D eigenvalue weighted by atomic mass is 9.66. The van der Waals surface area contributed by atoms with Gasteiger partial charge in [0.1, 0.15) is 6.10 Å². The zero-order valence-electron chi connectivity index (χ0n) is 22.4. The Morgan fingerprint density at radius 3 is 1.97 bits per heavy atom. The molecule has 0 aromatic rings. The van der Waals surface area contributed by atoms with E-state index in [1.54, 1.807) is 4.90 Å². The van der Waals surface area contributed by atoms with E-state index in [2.05, 4.69) is 0 Å². The van der Waals surface area contributed by atoms with Gasteiger partial charge in [0.25, 0.3) is 0 Å². The fourth-order valence-electron chi connectivity index (χ4n) is 7.33. The molecule has 0 N–H and O–H groups in total. The van der Waals surface area contributed by atoms with Crippen LogP contribution in [0.1, 0.15) is 120 Å². The summed E-state index contributed by atoms with van der Waals surface area (Å²) in [6.07, 6.45) is 12.9. The van der Waals surface area contributed by atoms with E-state index in [-0.39, 0.29) is 48.7 Å². The number of imide groups is 1. The van der Waals surface area contributed by atoms with Gasteiger partial charge >= 0.3 is 5.97 Å². The number of amides is 2. The van der Waals surface area contributed by atoms with Gasteiger partial charge in [-0.15, -0.1) is 0 Å². The average molecular weight is 490 g/mol. The maximum absolute atomic E-state index is 12.7. The highest BCUT2D eigenvalue weighted by atomic mass is 16.5. The van der Waals surface area contributed by atoms with Crippen molar-refractivity contribution in [3.8, 4) is 0 Å². The van der Waals surface area contributed by atoms with Crippen molar-refractivity contribution in [2.24, 2.45) is 40.4 Å². The summed E-state index contributed by atoms with van der Waals surface area (Å²) in [5.41, 5.74) is -0.699. The van der Waals surface area contributed by atoms with E-state index in [0.29, 0.717) is 11.8 Å². The van der Waals surface area contributed by atoms with E-state index in [1.807, 2.05) is 41.5 Å². The van der Waals surface area contributed by atoms with Crippen molar-refractivity contribution in [3.05, 3.63) is 0 Å². The monoisotopic (exact) mass is 489 g/mol. The van der Waals surface area contributed by atoms with Gasteiger partial charge < -0.3 is 4.74 Å². The Hall–Kier alpha value is -1.39. The highest BCUT2D eigenvalue weighted by Crippen LogP contribution is 2.65. The molecule has 0 radical (unpaired) electrons. The third-order valence-corrected chi connectivity index (χ3v) is 10.3. The van der Waals surface area contributed by atoms with Crippen LogP contribution >= 0.6 is 0 Å². The number of hydrogen-bond donors (Lipinski definition) is 0. The van der Waals surface area contributed by atoms with Gasteiger partial charge in [-0.2, -0.15) is 0 Å². The van der Waals surface area contributed by atoms with Crippen LogP contribution in [0.4, 0.5) is 0 Å². The third kappa shape index (κ3) is 4.94. The lowest BCUT2D eigenvalue weighted by molar-refractivity contribution is -0.178. The van der Waals surface area contributed by atoms with Crippen LogP contribution in [-0.2, 0) is 19.1 Å². The number of carbonyl (C=O) groups is 3. The molecule has 2 amide bonds. The molecule has 2 bridgehead atoms. The number of carbonyl (C=O) groups excluding carboxylic acids is 3. The number of β-lactam (4-membered cyclic amide) rings is 1. The Morgan fingerprint density at radius 1 is 0.829 bits per heavy atom. The summed E-state index contributed by atoms with van der Waals surface area (Å²) < 4.78 is 5.51. The van der Waals surface area contributed by atoms with Gasteiger partial charge in [0.2, 0.25) is 11.8 Å². The Balaban J connectivity index is 0.000000203. The van der Waals surface area contributed by atoms with E-state index in [0.717, 1.165) is 37.5 Å². The van der Waals surface area contributed by atoms with Crippen LogP contribution in [0, 0.1) is 40.4 Å². The third-order valence-electron chi connectivity index (χ3n) is 10.3. The lowest BCUT2D eigenvalue weighted by Gasteiger charge is -2.53. The molecule has 5 heteroatoms. The van der Waals surface area contributed by atoms with Gasteiger partial charge in [0, 0.05) is 5.41 Å². The highest BCUT2D eigenvalue weighted by molar-refractivity contribution is 6.04. The summed E-state index contributed by atoms with van der Waals surface area (Å²) in [6.45, 7) is 11.9. The maximum atomic E-state index is 12.7. The Kier molecular flexibility index (Phi) is 8.49. The summed E-state index contributed by atoms with van der Waals surface area (Å²) in [5.74, 6) is 3.28. The molecule has 4 saturated carbocycles. The van der Waals surface area contributed by atoms with Crippen molar-refractivity contribution in [1.29, 1.82) is 0 Å². The molecule has 1 aliphatic heterocycles. The van der Waals surface area contributed by atoms with Crippen LogP contribution in [0.15, 0.2) is 0 Å². The quantitative estimate of drug-likeness (QED) is 0.315. The van der Waals surface area contributed by atoms with Crippen LogP contribution < -0.4 is 0 Å². The molecule has 4 aliphatic carbocycles. The highest BCUT2D eigenvalue weighted by Gasteiger charge is 2.70. The number of nitrogens with zero attached hydrogens (tertiary/aromatic N) is 1. The first kappa shape index (κ1) is 28.2. The number of fused-ring (bicyclic) bond motifs is 8. The number of ether oxygens (including phenoxy) is 1. The van der Waals surface area contributed by atoms with Crippen molar-refractivity contribution < 1.29 is 19.1 Å². The molecule has 0 spiro atoms.